The summed E-state index contributed by atoms with van der Waals surface area (Å²) in [7, 11) is 0. The van der Waals surface area contributed by atoms with E-state index in [9.17, 15) is 4.79 Å². The molecular weight excluding hydrogens is 302 g/mol. The number of hydrogen-bond donors (Lipinski definition) is 1. The maximum Gasteiger partial charge on any atom is 0.426 e. The lowest BCUT2D eigenvalue weighted by Crippen LogP contribution is -2.25. The number of nitrogens with one attached hydrogen (secondary N) is 1. The predicted octanol–water partition coefficient (Wildman–Crippen LogP) is 3.55. The lowest BCUT2D eigenvalue weighted by atomic mass is 10.1. The van der Waals surface area contributed by atoms with Gasteiger partial charge >= 0.3 is 6.09 Å². The van der Waals surface area contributed by atoms with Gasteiger partial charge in [0.25, 0.3) is 0 Å². The molecule has 5 nitrogen and oxygen atoms in total. The highest BCUT2D eigenvalue weighted by molar-refractivity contribution is 5.75. The highest BCUT2D eigenvalue weighted by atomic mass is 16.6. The molecule has 0 saturated heterocycles. The molecule has 0 radical (unpaired) electrons. The molecule has 1 amide bonds. The minimum absolute atomic E-state index is 0.237. The summed E-state index contributed by atoms with van der Waals surface area (Å²) >= 11 is 0. The summed E-state index contributed by atoms with van der Waals surface area (Å²) in [6.07, 6.45) is 4.47. The van der Waals surface area contributed by atoms with Gasteiger partial charge in [0.1, 0.15) is 12.4 Å². The zero-order valence-corrected chi connectivity index (χ0v) is 13.3. The Morgan fingerprint density at radius 2 is 1.62 bits per heavy atom. The van der Waals surface area contributed by atoms with Gasteiger partial charge < -0.3 is 4.74 Å². The second-order valence-electron chi connectivity index (χ2n) is 5.37. The summed E-state index contributed by atoms with van der Waals surface area (Å²) in [6, 6.07) is 19.8. The number of nitrogens with zero attached hydrogens (tertiary/aromatic N) is 2. The van der Waals surface area contributed by atoms with Crippen LogP contribution in [0.15, 0.2) is 73.1 Å². The Bertz CT molecular complexity index is 770. The highest BCUT2D eigenvalue weighted by Gasteiger charge is 2.08. The Labute approximate surface area is 140 Å². The lowest BCUT2D eigenvalue weighted by Gasteiger charge is -2.10. The van der Waals surface area contributed by atoms with Crippen LogP contribution in [0.1, 0.15) is 17.0 Å². The number of carbonyl (C=O) groups excluding carboxylic acids is 1. The molecule has 24 heavy (non-hydrogen) atoms. The largest absolute Gasteiger partial charge is 0.443 e. The van der Waals surface area contributed by atoms with Crippen molar-refractivity contribution in [2.75, 3.05) is 5.43 Å². The minimum atomic E-state index is -0.502. The first-order valence-electron chi connectivity index (χ1n) is 7.85. The van der Waals surface area contributed by atoms with E-state index in [0.29, 0.717) is 0 Å². The molecule has 0 aliphatic heterocycles. The molecular formula is C19H19N3O2. The molecule has 2 aromatic carbocycles. The zero-order valence-electron chi connectivity index (χ0n) is 13.3. The van der Waals surface area contributed by atoms with Gasteiger partial charge in [0.05, 0.1) is 0 Å². The Morgan fingerprint density at radius 1 is 0.958 bits per heavy atom. The Morgan fingerprint density at radius 3 is 2.33 bits per heavy atom. The number of aryl methyl sites for hydroxylation is 2. The number of rotatable bonds is 6. The van der Waals surface area contributed by atoms with Crippen molar-refractivity contribution in [3.05, 3.63) is 90.0 Å². The molecule has 3 rings (SSSR count). The van der Waals surface area contributed by atoms with Crippen LogP contribution in [0.2, 0.25) is 0 Å². The van der Waals surface area contributed by atoms with Gasteiger partial charge in [0, 0.05) is 18.8 Å². The molecule has 3 aromatic rings. The van der Waals surface area contributed by atoms with Crippen molar-refractivity contribution < 1.29 is 9.53 Å². The monoisotopic (exact) mass is 321 g/mol. The van der Waals surface area contributed by atoms with Gasteiger partial charge in [-0.25, -0.2) is 19.9 Å². The average molecular weight is 321 g/mol. The van der Waals surface area contributed by atoms with Gasteiger partial charge in [-0.2, -0.15) is 0 Å². The second kappa shape index (κ2) is 7.97. The normalized spacial score (nSPS) is 10.3. The van der Waals surface area contributed by atoms with E-state index in [4.69, 9.17) is 4.74 Å². The van der Waals surface area contributed by atoms with Gasteiger partial charge in [0.2, 0.25) is 0 Å². The highest BCUT2D eigenvalue weighted by Crippen LogP contribution is 2.06. The summed E-state index contributed by atoms with van der Waals surface area (Å²) in [4.78, 5) is 16.2. The van der Waals surface area contributed by atoms with E-state index in [2.05, 4.69) is 22.5 Å². The van der Waals surface area contributed by atoms with Gasteiger partial charge in [-0.15, -0.1) is 0 Å². The molecule has 5 heteroatoms. The first kappa shape index (κ1) is 15.8. The summed E-state index contributed by atoms with van der Waals surface area (Å²) in [5.74, 6) is 0.788. The number of hydrogen-bond acceptors (Lipinski definition) is 3. The molecule has 0 saturated carbocycles. The Kier molecular flexibility index (Phi) is 5.24. The molecule has 0 atom stereocenters. The van der Waals surface area contributed by atoms with Gasteiger partial charge in [-0.1, -0.05) is 60.7 Å². The SMILES string of the molecule is O=C(Nn1ccnc1CCc1ccccc1)OCc1ccccc1. The molecule has 0 aliphatic carbocycles. The molecule has 1 aromatic heterocycles. The Hall–Kier alpha value is -3.08. The van der Waals surface area contributed by atoms with Crippen LogP contribution < -0.4 is 5.43 Å². The lowest BCUT2D eigenvalue weighted by molar-refractivity contribution is 0.151. The minimum Gasteiger partial charge on any atom is -0.443 e. The number of aromatic nitrogens is 2. The van der Waals surface area contributed by atoms with E-state index in [1.165, 1.54) is 5.56 Å². The second-order valence-corrected chi connectivity index (χ2v) is 5.37. The fourth-order valence-corrected chi connectivity index (χ4v) is 2.38. The standard InChI is InChI=1S/C19H19N3O2/c23-19(24-15-17-9-5-2-6-10-17)21-22-14-13-20-18(22)12-11-16-7-3-1-4-8-16/h1-10,13-14H,11-12,15H2,(H,21,23). The quantitative estimate of drug-likeness (QED) is 0.755. The van der Waals surface area contributed by atoms with E-state index in [0.717, 1.165) is 24.2 Å². The smallest absolute Gasteiger partial charge is 0.426 e. The van der Waals surface area contributed by atoms with Crippen LogP contribution in [-0.2, 0) is 24.2 Å². The number of ether oxygens (including phenoxy) is 1. The molecule has 122 valence electrons. The molecule has 1 N–H and O–H groups in total. The summed E-state index contributed by atoms with van der Waals surface area (Å²) in [5, 5.41) is 0. The van der Waals surface area contributed by atoms with E-state index in [-0.39, 0.29) is 6.61 Å². The van der Waals surface area contributed by atoms with Crippen LogP contribution in [0.25, 0.3) is 0 Å². The van der Waals surface area contributed by atoms with E-state index in [1.807, 2.05) is 48.5 Å². The topological polar surface area (TPSA) is 56.2 Å². The van der Waals surface area contributed by atoms with Crippen LogP contribution in [0.3, 0.4) is 0 Å². The van der Waals surface area contributed by atoms with Crippen LogP contribution >= 0.6 is 0 Å². The summed E-state index contributed by atoms with van der Waals surface area (Å²) < 4.78 is 6.83. The molecule has 1 heterocycles. The molecule has 0 fully saturated rings. The van der Waals surface area contributed by atoms with Crippen molar-refractivity contribution in [2.24, 2.45) is 0 Å². The molecule has 0 aliphatic rings. The van der Waals surface area contributed by atoms with Gasteiger partial charge in [0.15, 0.2) is 0 Å². The third-order valence-electron chi connectivity index (χ3n) is 3.62. The van der Waals surface area contributed by atoms with Crippen molar-refractivity contribution in [2.45, 2.75) is 19.4 Å². The summed E-state index contributed by atoms with van der Waals surface area (Å²) in [5.41, 5.74) is 4.87. The van der Waals surface area contributed by atoms with Crippen LogP contribution in [0, 0.1) is 0 Å². The van der Waals surface area contributed by atoms with Crippen molar-refractivity contribution >= 4 is 6.09 Å². The maximum atomic E-state index is 11.9. The molecule has 0 unspecified atom stereocenters. The number of carbonyl (C=O) groups is 1. The number of benzene rings is 2. The summed E-state index contributed by atoms with van der Waals surface area (Å²) in [6.45, 7) is 0.237. The van der Waals surface area contributed by atoms with Crippen molar-refractivity contribution in [1.29, 1.82) is 0 Å². The van der Waals surface area contributed by atoms with Gasteiger partial charge in [-0.3, -0.25) is 0 Å². The van der Waals surface area contributed by atoms with E-state index < -0.39 is 6.09 Å². The fourth-order valence-electron chi connectivity index (χ4n) is 2.38. The van der Waals surface area contributed by atoms with Gasteiger partial charge in [-0.05, 0) is 17.5 Å². The first-order valence-corrected chi connectivity index (χ1v) is 7.85. The zero-order chi connectivity index (χ0) is 16.6. The molecule has 0 bridgehead atoms. The number of amides is 1. The molecule has 0 spiro atoms. The first-order chi connectivity index (χ1) is 11.8. The Balaban J connectivity index is 1.52. The van der Waals surface area contributed by atoms with E-state index in [1.54, 1.807) is 17.1 Å². The predicted molar refractivity (Wildman–Crippen MR) is 92.1 cm³/mol. The van der Waals surface area contributed by atoms with E-state index >= 15 is 0 Å². The fraction of sp³-hybridized carbons (Fsp3) is 0.158. The maximum absolute atomic E-state index is 11.9. The van der Waals surface area contributed by atoms with Crippen LogP contribution in [-0.4, -0.2) is 15.8 Å². The van der Waals surface area contributed by atoms with Crippen molar-refractivity contribution in [3.63, 3.8) is 0 Å². The van der Waals surface area contributed by atoms with Crippen molar-refractivity contribution in [3.8, 4) is 0 Å². The van der Waals surface area contributed by atoms with Crippen molar-refractivity contribution in [1.82, 2.24) is 9.66 Å². The average Bonchev–Trinajstić information content (AvgIpc) is 3.07. The third-order valence-corrected chi connectivity index (χ3v) is 3.62. The van der Waals surface area contributed by atoms with Crippen LogP contribution in [0.5, 0.6) is 0 Å². The number of imidazole rings is 1. The van der Waals surface area contributed by atoms with Crippen LogP contribution in [0.4, 0.5) is 4.79 Å². The third kappa shape index (κ3) is 4.46.